The molecule has 0 fully saturated rings. The third kappa shape index (κ3) is 3.04. The van der Waals surface area contributed by atoms with Crippen molar-refractivity contribution in [3.05, 3.63) is 60.0 Å². The third-order valence-corrected chi connectivity index (χ3v) is 3.26. The number of aromatic hydroxyl groups is 1. The Morgan fingerprint density at radius 1 is 1.14 bits per heavy atom. The van der Waals surface area contributed by atoms with Crippen LogP contribution in [-0.2, 0) is 0 Å². The molecule has 1 unspecified atom stereocenters. The zero-order valence-electron chi connectivity index (χ0n) is 12.4. The number of hydrogen-bond acceptors (Lipinski definition) is 5. The van der Waals surface area contributed by atoms with Gasteiger partial charge in [0.25, 0.3) is 0 Å². The maximum absolute atomic E-state index is 12.5. The van der Waals surface area contributed by atoms with E-state index in [0.717, 1.165) is 0 Å². The number of aliphatic hydroxyl groups excluding tert-OH is 1. The van der Waals surface area contributed by atoms with Gasteiger partial charge in [0.05, 0.1) is 20.3 Å². The van der Waals surface area contributed by atoms with E-state index in [9.17, 15) is 15.0 Å². The Morgan fingerprint density at radius 3 is 2.45 bits per heavy atom. The molecule has 0 aliphatic heterocycles. The van der Waals surface area contributed by atoms with E-state index in [1.807, 2.05) is 0 Å². The molecule has 2 aromatic carbocycles. The Hall–Kier alpha value is -2.53. The fourth-order valence-corrected chi connectivity index (χ4v) is 2.13. The van der Waals surface area contributed by atoms with Crippen LogP contribution in [0, 0.1) is 6.92 Å². The van der Waals surface area contributed by atoms with Crippen LogP contribution in [-0.4, -0.2) is 30.2 Å². The highest BCUT2D eigenvalue weighted by molar-refractivity contribution is 6.09. The number of ketones is 1. The van der Waals surface area contributed by atoms with Crippen LogP contribution in [0.25, 0.3) is 0 Å². The Balaban J connectivity index is 2.45. The highest BCUT2D eigenvalue weighted by atomic mass is 16.5. The van der Waals surface area contributed by atoms with Gasteiger partial charge in [-0.25, -0.2) is 0 Å². The van der Waals surface area contributed by atoms with Crippen LogP contribution in [0.1, 0.15) is 27.6 Å². The summed E-state index contributed by atoms with van der Waals surface area (Å²) in [5.41, 5.74) is 1.17. The summed E-state index contributed by atoms with van der Waals surface area (Å²) >= 11 is 0. The van der Waals surface area contributed by atoms with Crippen molar-refractivity contribution in [1.29, 1.82) is 0 Å². The third-order valence-electron chi connectivity index (χ3n) is 3.26. The topological polar surface area (TPSA) is 76.0 Å². The van der Waals surface area contributed by atoms with Gasteiger partial charge in [-0.1, -0.05) is 18.2 Å². The first kappa shape index (κ1) is 15.9. The Kier molecular flexibility index (Phi) is 4.68. The highest BCUT2D eigenvalue weighted by Gasteiger charge is 2.17. The summed E-state index contributed by atoms with van der Waals surface area (Å²) in [6, 6.07) is 9.35. The summed E-state index contributed by atoms with van der Waals surface area (Å²) in [6.07, 6.45) is -0.911. The van der Waals surface area contributed by atoms with Crippen molar-refractivity contribution in [2.75, 3.05) is 14.2 Å². The second-order valence-electron chi connectivity index (χ2n) is 4.70. The molecule has 2 N–H and O–H groups in total. The van der Waals surface area contributed by atoms with Gasteiger partial charge in [0.2, 0.25) is 5.75 Å². The number of aliphatic hydroxyl groups is 1. The minimum Gasteiger partial charge on any atom is -0.504 e. The summed E-state index contributed by atoms with van der Waals surface area (Å²) in [4.78, 5) is 12.5. The van der Waals surface area contributed by atoms with E-state index in [4.69, 9.17) is 9.47 Å². The smallest absolute Gasteiger partial charge is 0.203 e. The van der Waals surface area contributed by atoms with Crippen LogP contribution >= 0.6 is 0 Å². The zero-order valence-corrected chi connectivity index (χ0v) is 12.4. The monoisotopic (exact) mass is 301 g/mol. The van der Waals surface area contributed by atoms with E-state index in [-0.39, 0.29) is 28.6 Å². The van der Waals surface area contributed by atoms with E-state index >= 15 is 0 Å². The SMILES string of the molecule is [CH2]C(O)c1cccc(C(=O)c2cc(O)c(OC)c(OC)c2)c1. The Morgan fingerprint density at radius 2 is 1.86 bits per heavy atom. The van der Waals surface area contributed by atoms with Gasteiger partial charge in [0.1, 0.15) is 0 Å². The predicted molar refractivity (Wildman–Crippen MR) is 81.4 cm³/mol. The molecule has 22 heavy (non-hydrogen) atoms. The molecular weight excluding hydrogens is 284 g/mol. The van der Waals surface area contributed by atoms with E-state index < -0.39 is 6.10 Å². The molecule has 5 heteroatoms. The Bertz CT molecular complexity index is 691. The summed E-state index contributed by atoms with van der Waals surface area (Å²) in [7, 11) is 2.82. The largest absolute Gasteiger partial charge is 0.504 e. The molecule has 0 saturated heterocycles. The average molecular weight is 301 g/mol. The number of carbonyl (C=O) groups is 1. The van der Waals surface area contributed by atoms with E-state index in [1.54, 1.807) is 24.3 Å². The van der Waals surface area contributed by atoms with Gasteiger partial charge in [0.15, 0.2) is 17.3 Å². The quantitative estimate of drug-likeness (QED) is 0.830. The first-order chi connectivity index (χ1) is 10.5. The number of hydrogen-bond donors (Lipinski definition) is 2. The maximum Gasteiger partial charge on any atom is 0.203 e. The lowest BCUT2D eigenvalue weighted by Gasteiger charge is -2.12. The van der Waals surface area contributed by atoms with E-state index in [1.165, 1.54) is 26.4 Å². The van der Waals surface area contributed by atoms with Gasteiger partial charge in [-0.2, -0.15) is 0 Å². The number of phenols is 1. The average Bonchev–Trinajstić information content (AvgIpc) is 2.53. The highest BCUT2D eigenvalue weighted by Crippen LogP contribution is 2.37. The minimum absolute atomic E-state index is 0.168. The fraction of sp³-hybridized carbons (Fsp3) is 0.176. The molecule has 0 amide bonds. The van der Waals surface area contributed by atoms with Gasteiger partial charge in [-0.3, -0.25) is 4.79 Å². The van der Waals surface area contributed by atoms with Crippen LogP contribution in [0.2, 0.25) is 0 Å². The van der Waals surface area contributed by atoms with Crippen LogP contribution in [0.3, 0.4) is 0 Å². The second-order valence-corrected chi connectivity index (χ2v) is 4.70. The lowest BCUT2D eigenvalue weighted by atomic mass is 9.99. The molecule has 5 nitrogen and oxygen atoms in total. The van der Waals surface area contributed by atoms with Crippen molar-refractivity contribution in [2.45, 2.75) is 6.10 Å². The number of benzene rings is 2. The number of rotatable bonds is 5. The lowest BCUT2D eigenvalue weighted by molar-refractivity contribution is 0.103. The minimum atomic E-state index is -0.911. The van der Waals surface area contributed by atoms with Crippen molar-refractivity contribution in [2.24, 2.45) is 0 Å². The van der Waals surface area contributed by atoms with Crippen molar-refractivity contribution in [1.82, 2.24) is 0 Å². The van der Waals surface area contributed by atoms with Gasteiger partial charge in [-0.05, 0) is 30.7 Å². The van der Waals surface area contributed by atoms with Gasteiger partial charge < -0.3 is 19.7 Å². The normalized spacial score (nSPS) is 11.8. The van der Waals surface area contributed by atoms with Gasteiger partial charge in [0, 0.05) is 11.1 Å². The number of phenolic OH excluding ortho intramolecular Hbond substituents is 1. The summed E-state index contributed by atoms with van der Waals surface area (Å²) < 4.78 is 10.1. The number of carbonyl (C=O) groups excluding carboxylic acids is 1. The van der Waals surface area contributed by atoms with Gasteiger partial charge >= 0.3 is 0 Å². The molecule has 0 heterocycles. The van der Waals surface area contributed by atoms with E-state index in [0.29, 0.717) is 11.1 Å². The van der Waals surface area contributed by atoms with Crippen molar-refractivity contribution in [3.8, 4) is 17.2 Å². The van der Waals surface area contributed by atoms with Crippen molar-refractivity contribution < 1.29 is 24.5 Å². The van der Waals surface area contributed by atoms with Crippen LogP contribution < -0.4 is 9.47 Å². The standard InChI is InChI=1S/C17H17O5/c1-10(18)11-5-4-6-12(7-11)16(20)13-8-14(19)17(22-3)15(9-13)21-2/h4-10,18-19H,1H2,2-3H3. The Labute approximate surface area is 128 Å². The molecule has 0 aromatic heterocycles. The summed E-state index contributed by atoms with van der Waals surface area (Å²) in [6.45, 7) is 3.51. The van der Waals surface area contributed by atoms with Crippen molar-refractivity contribution >= 4 is 5.78 Å². The number of methoxy groups -OCH3 is 2. The first-order valence-electron chi connectivity index (χ1n) is 6.58. The zero-order chi connectivity index (χ0) is 16.3. The second kappa shape index (κ2) is 6.49. The molecule has 0 bridgehead atoms. The summed E-state index contributed by atoms with van der Waals surface area (Å²) in [5, 5.41) is 19.4. The number of ether oxygens (including phenoxy) is 2. The summed E-state index contributed by atoms with van der Waals surface area (Å²) in [5.74, 6) is -0.0579. The van der Waals surface area contributed by atoms with Crippen molar-refractivity contribution in [3.63, 3.8) is 0 Å². The molecule has 0 aliphatic carbocycles. The van der Waals surface area contributed by atoms with Crippen LogP contribution in [0.4, 0.5) is 0 Å². The molecule has 0 aliphatic rings. The maximum atomic E-state index is 12.5. The molecule has 2 aromatic rings. The molecule has 115 valence electrons. The predicted octanol–water partition coefficient (Wildman–Crippen LogP) is 2.51. The first-order valence-corrected chi connectivity index (χ1v) is 6.58. The fourth-order valence-electron chi connectivity index (χ4n) is 2.13. The van der Waals surface area contributed by atoms with Crippen LogP contribution in [0.15, 0.2) is 36.4 Å². The molecule has 2 rings (SSSR count). The molecule has 0 saturated carbocycles. The molecule has 1 radical (unpaired) electrons. The van der Waals surface area contributed by atoms with Crippen LogP contribution in [0.5, 0.6) is 17.2 Å². The molecule has 1 atom stereocenters. The lowest BCUT2D eigenvalue weighted by Crippen LogP contribution is -2.04. The molecule has 0 spiro atoms. The van der Waals surface area contributed by atoms with E-state index in [2.05, 4.69) is 6.92 Å². The molecular formula is C17H17O5. The van der Waals surface area contributed by atoms with Gasteiger partial charge in [-0.15, -0.1) is 0 Å².